The second-order valence-electron chi connectivity index (χ2n) is 7.26. The smallest absolute Gasteiger partial charge is 0.306 e. The maximum absolute atomic E-state index is 12.4. The van der Waals surface area contributed by atoms with Crippen molar-refractivity contribution in [2.75, 3.05) is 6.61 Å². The Morgan fingerprint density at radius 2 is 1.45 bits per heavy atom. The quantitative estimate of drug-likeness (QED) is 0.242. The zero-order valence-corrected chi connectivity index (χ0v) is 17.8. The van der Waals surface area contributed by atoms with Crippen molar-refractivity contribution < 1.29 is 19.1 Å². The Hall–Kier alpha value is -2.62. The molecule has 0 aliphatic rings. The third-order valence-corrected chi connectivity index (χ3v) is 4.76. The van der Waals surface area contributed by atoms with Gasteiger partial charge in [0.1, 0.15) is 5.75 Å². The standard InChI is InChI=1S/C25H32O4/c1-4-6-7-8-18-28-23-16-14-21(15-17-23)20-10-12-22(13-11-20)25(27)19(3)29-24(26)9-5-2/h10-17,19H,4-9,18H2,1-3H3. The molecule has 0 N–H and O–H groups in total. The van der Waals surface area contributed by atoms with E-state index in [-0.39, 0.29) is 11.8 Å². The number of carbonyl (C=O) groups excluding carboxylic acids is 2. The molecular weight excluding hydrogens is 364 g/mol. The van der Waals surface area contributed by atoms with Gasteiger partial charge in [0.2, 0.25) is 5.78 Å². The van der Waals surface area contributed by atoms with E-state index >= 15 is 0 Å². The fraction of sp³-hybridized carbons (Fsp3) is 0.440. The highest BCUT2D eigenvalue weighted by Crippen LogP contribution is 2.23. The van der Waals surface area contributed by atoms with E-state index in [0.29, 0.717) is 18.4 Å². The van der Waals surface area contributed by atoms with Crippen LogP contribution in [0, 0.1) is 0 Å². The molecule has 1 atom stereocenters. The molecule has 0 aromatic heterocycles. The Balaban J connectivity index is 1.92. The van der Waals surface area contributed by atoms with Gasteiger partial charge in [0.15, 0.2) is 6.10 Å². The minimum Gasteiger partial charge on any atom is -0.494 e. The Kier molecular flexibility index (Phi) is 9.42. The highest BCUT2D eigenvalue weighted by molar-refractivity contribution is 6.00. The number of unbranched alkanes of at least 4 members (excludes halogenated alkanes) is 3. The number of hydrogen-bond donors (Lipinski definition) is 0. The van der Waals surface area contributed by atoms with Gasteiger partial charge in [-0.15, -0.1) is 0 Å². The molecule has 0 saturated carbocycles. The molecule has 0 bridgehead atoms. The van der Waals surface area contributed by atoms with Gasteiger partial charge < -0.3 is 9.47 Å². The Morgan fingerprint density at radius 1 is 0.828 bits per heavy atom. The lowest BCUT2D eigenvalue weighted by atomic mass is 10.0. The molecule has 0 amide bonds. The van der Waals surface area contributed by atoms with Crippen molar-refractivity contribution in [1.29, 1.82) is 0 Å². The van der Waals surface area contributed by atoms with Gasteiger partial charge in [-0.25, -0.2) is 0 Å². The summed E-state index contributed by atoms with van der Waals surface area (Å²) in [5.41, 5.74) is 2.62. The largest absolute Gasteiger partial charge is 0.494 e. The number of carbonyl (C=O) groups is 2. The summed E-state index contributed by atoms with van der Waals surface area (Å²) in [5.74, 6) is 0.352. The minimum absolute atomic E-state index is 0.187. The van der Waals surface area contributed by atoms with E-state index in [9.17, 15) is 9.59 Å². The second kappa shape index (κ2) is 12.1. The minimum atomic E-state index is -0.770. The van der Waals surface area contributed by atoms with Crippen molar-refractivity contribution in [3.05, 3.63) is 54.1 Å². The molecular formula is C25H32O4. The lowest BCUT2D eigenvalue weighted by Crippen LogP contribution is -2.24. The molecule has 2 rings (SSSR count). The van der Waals surface area contributed by atoms with Gasteiger partial charge in [-0.3, -0.25) is 9.59 Å². The number of ether oxygens (including phenoxy) is 2. The number of esters is 1. The van der Waals surface area contributed by atoms with Crippen molar-refractivity contribution >= 4 is 11.8 Å². The average Bonchev–Trinajstić information content (AvgIpc) is 2.74. The van der Waals surface area contributed by atoms with E-state index in [0.717, 1.165) is 29.9 Å². The van der Waals surface area contributed by atoms with E-state index in [2.05, 4.69) is 6.92 Å². The van der Waals surface area contributed by atoms with Crippen LogP contribution in [0.2, 0.25) is 0 Å². The number of Topliss-reactive ketones (excluding diaryl/α,β-unsaturated/α-hetero) is 1. The van der Waals surface area contributed by atoms with E-state index < -0.39 is 6.10 Å². The molecule has 0 aliphatic heterocycles. The first-order valence-electron chi connectivity index (χ1n) is 10.6. The summed E-state index contributed by atoms with van der Waals surface area (Å²) in [6.07, 6.45) is 5.02. The van der Waals surface area contributed by atoms with E-state index in [1.807, 2.05) is 43.3 Å². The summed E-state index contributed by atoms with van der Waals surface area (Å²) < 4.78 is 11.0. The molecule has 1 unspecified atom stereocenters. The van der Waals surface area contributed by atoms with Crippen molar-refractivity contribution in [3.8, 4) is 16.9 Å². The molecule has 4 heteroatoms. The molecule has 2 aromatic rings. The van der Waals surface area contributed by atoms with Gasteiger partial charge in [0, 0.05) is 12.0 Å². The van der Waals surface area contributed by atoms with Crippen LogP contribution in [0.5, 0.6) is 5.75 Å². The highest BCUT2D eigenvalue weighted by atomic mass is 16.5. The maximum Gasteiger partial charge on any atom is 0.306 e. The monoisotopic (exact) mass is 396 g/mol. The summed E-state index contributed by atoms with van der Waals surface area (Å²) in [7, 11) is 0. The molecule has 0 saturated heterocycles. The molecule has 29 heavy (non-hydrogen) atoms. The first-order chi connectivity index (χ1) is 14.0. The maximum atomic E-state index is 12.4. The zero-order valence-electron chi connectivity index (χ0n) is 17.8. The van der Waals surface area contributed by atoms with E-state index in [1.165, 1.54) is 19.3 Å². The Bertz CT molecular complexity index is 762. The van der Waals surface area contributed by atoms with Crippen LogP contribution < -0.4 is 4.74 Å². The van der Waals surface area contributed by atoms with Crippen molar-refractivity contribution in [2.45, 2.75) is 65.4 Å². The predicted molar refractivity (Wildman–Crippen MR) is 116 cm³/mol. The molecule has 4 nitrogen and oxygen atoms in total. The fourth-order valence-electron chi connectivity index (χ4n) is 3.04. The van der Waals surface area contributed by atoms with Crippen LogP contribution in [-0.2, 0) is 9.53 Å². The van der Waals surface area contributed by atoms with Crippen LogP contribution in [0.1, 0.15) is 69.7 Å². The van der Waals surface area contributed by atoms with Crippen LogP contribution in [0.15, 0.2) is 48.5 Å². The highest BCUT2D eigenvalue weighted by Gasteiger charge is 2.19. The number of hydrogen-bond acceptors (Lipinski definition) is 4. The van der Waals surface area contributed by atoms with Crippen LogP contribution in [0.25, 0.3) is 11.1 Å². The normalized spacial score (nSPS) is 11.7. The predicted octanol–water partition coefficient (Wildman–Crippen LogP) is 6.23. The average molecular weight is 397 g/mol. The summed E-state index contributed by atoms with van der Waals surface area (Å²) >= 11 is 0. The van der Waals surface area contributed by atoms with E-state index in [4.69, 9.17) is 9.47 Å². The van der Waals surface area contributed by atoms with Crippen LogP contribution in [-0.4, -0.2) is 24.5 Å². The van der Waals surface area contributed by atoms with Gasteiger partial charge in [0.25, 0.3) is 0 Å². The van der Waals surface area contributed by atoms with Crippen molar-refractivity contribution in [1.82, 2.24) is 0 Å². The lowest BCUT2D eigenvalue weighted by molar-refractivity contribution is -0.146. The molecule has 0 aliphatic carbocycles. The van der Waals surface area contributed by atoms with Crippen molar-refractivity contribution in [2.24, 2.45) is 0 Å². The summed E-state index contributed by atoms with van der Waals surface area (Å²) in [5, 5.41) is 0. The summed E-state index contributed by atoms with van der Waals surface area (Å²) in [6.45, 7) is 6.46. The summed E-state index contributed by atoms with van der Waals surface area (Å²) in [6, 6.07) is 15.4. The van der Waals surface area contributed by atoms with Crippen molar-refractivity contribution in [3.63, 3.8) is 0 Å². The Labute approximate surface area is 174 Å². The van der Waals surface area contributed by atoms with Crippen LogP contribution in [0.4, 0.5) is 0 Å². The molecule has 0 spiro atoms. The van der Waals surface area contributed by atoms with Gasteiger partial charge in [-0.05, 0) is 43.0 Å². The molecule has 156 valence electrons. The van der Waals surface area contributed by atoms with Gasteiger partial charge in [-0.2, -0.15) is 0 Å². The number of benzene rings is 2. The van der Waals surface area contributed by atoms with Crippen LogP contribution in [0.3, 0.4) is 0 Å². The fourth-order valence-corrected chi connectivity index (χ4v) is 3.04. The van der Waals surface area contributed by atoms with Gasteiger partial charge in [0.05, 0.1) is 6.61 Å². The number of rotatable bonds is 12. The van der Waals surface area contributed by atoms with Gasteiger partial charge in [-0.1, -0.05) is 69.5 Å². The van der Waals surface area contributed by atoms with Gasteiger partial charge >= 0.3 is 5.97 Å². The zero-order chi connectivity index (χ0) is 21.1. The Morgan fingerprint density at radius 3 is 2.03 bits per heavy atom. The van der Waals surface area contributed by atoms with E-state index in [1.54, 1.807) is 19.1 Å². The van der Waals surface area contributed by atoms with Crippen LogP contribution >= 0.6 is 0 Å². The molecule has 0 radical (unpaired) electrons. The lowest BCUT2D eigenvalue weighted by Gasteiger charge is -2.12. The second-order valence-corrected chi connectivity index (χ2v) is 7.26. The summed E-state index contributed by atoms with van der Waals surface area (Å²) in [4.78, 5) is 24.0. The third-order valence-electron chi connectivity index (χ3n) is 4.76. The SMILES string of the molecule is CCCCCCOc1ccc(-c2ccc(C(=O)C(C)OC(=O)CCC)cc2)cc1. The molecule has 0 fully saturated rings. The third kappa shape index (κ3) is 7.37. The first-order valence-corrected chi connectivity index (χ1v) is 10.6. The molecule has 0 heterocycles. The first kappa shape index (κ1) is 22.7. The topological polar surface area (TPSA) is 52.6 Å². The molecule has 2 aromatic carbocycles. The number of ketones is 1.